The van der Waals surface area contributed by atoms with Gasteiger partial charge in [0.2, 0.25) is 0 Å². The molecule has 0 bridgehead atoms. The predicted molar refractivity (Wildman–Crippen MR) is 80.2 cm³/mol. The lowest BCUT2D eigenvalue weighted by atomic mass is 10.2. The van der Waals surface area contributed by atoms with Gasteiger partial charge in [-0.05, 0) is 26.4 Å². The molecule has 4 heteroatoms. The Labute approximate surface area is 116 Å². The Morgan fingerprint density at radius 1 is 1.33 bits per heavy atom. The van der Waals surface area contributed by atoms with Crippen molar-refractivity contribution in [2.45, 2.75) is 53.1 Å². The molecule has 1 aromatic rings. The van der Waals surface area contributed by atoms with Crippen LogP contribution in [0.15, 0.2) is 5.38 Å². The first-order valence-corrected chi connectivity index (χ1v) is 7.96. The molecule has 1 atom stereocenters. The molecule has 1 unspecified atom stereocenters. The molecule has 1 N–H and O–H groups in total. The van der Waals surface area contributed by atoms with E-state index in [9.17, 15) is 0 Å². The van der Waals surface area contributed by atoms with E-state index in [-0.39, 0.29) is 0 Å². The first-order chi connectivity index (χ1) is 8.69. The van der Waals surface area contributed by atoms with Gasteiger partial charge in [0, 0.05) is 30.9 Å². The quantitative estimate of drug-likeness (QED) is 0.747. The van der Waals surface area contributed by atoms with Crippen molar-refractivity contribution < 1.29 is 0 Å². The van der Waals surface area contributed by atoms with Crippen molar-refractivity contribution in [3.63, 3.8) is 0 Å². The minimum absolute atomic E-state index is 0.575. The fourth-order valence-electron chi connectivity index (χ4n) is 1.76. The van der Waals surface area contributed by atoms with Crippen LogP contribution in [0.3, 0.4) is 0 Å². The molecular formula is C14H27N3S. The third-order valence-corrected chi connectivity index (χ3v) is 4.34. The van der Waals surface area contributed by atoms with Crippen LogP contribution in [0, 0.1) is 0 Å². The van der Waals surface area contributed by atoms with E-state index in [2.05, 4.69) is 48.3 Å². The Hall–Kier alpha value is -0.450. The summed E-state index contributed by atoms with van der Waals surface area (Å²) < 4.78 is 0. The van der Waals surface area contributed by atoms with Gasteiger partial charge in [-0.2, -0.15) is 0 Å². The summed E-state index contributed by atoms with van der Waals surface area (Å²) in [6, 6.07) is 0.575. The van der Waals surface area contributed by atoms with Gasteiger partial charge in [-0.3, -0.25) is 0 Å². The Morgan fingerprint density at radius 3 is 2.67 bits per heavy atom. The highest BCUT2D eigenvalue weighted by Gasteiger charge is 2.05. The zero-order valence-electron chi connectivity index (χ0n) is 12.2. The maximum atomic E-state index is 4.69. The number of hydrogen-bond acceptors (Lipinski definition) is 4. The average molecular weight is 269 g/mol. The van der Waals surface area contributed by atoms with Crippen LogP contribution >= 0.6 is 11.3 Å². The number of likely N-dealkylation sites (N-methyl/N-ethyl adjacent to an activating group) is 1. The summed E-state index contributed by atoms with van der Waals surface area (Å²) in [6.07, 6.45) is 2.24. The molecule has 1 heterocycles. The summed E-state index contributed by atoms with van der Waals surface area (Å²) >= 11 is 1.79. The number of nitrogens with one attached hydrogen (secondary N) is 1. The number of nitrogens with zero attached hydrogens (tertiary/aromatic N) is 2. The molecule has 0 aliphatic rings. The Morgan fingerprint density at radius 2 is 2.06 bits per heavy atom. The van der Waals surface area contributed by atoms with Gasteiger partial charge in [0.15, 0.2) is 0 Å². The van der Waals surface area contributed by atoms with Crippen LogP contribution in [-0.2, 0) is 13.0 Å². The van der Waals surface area contributed by atoms with Crippen LogP contribution < -0.4 is 5.32 Å². The fourth-order valence-corrected chi connectivity index (χ4v) is 2.55. The van der Waals surface area contributed by atoms with Crippen LogP contribution in [0.25, 0.3) is 0 Å². The summed E-state index contributed by atoms with van der Waals surface area (Å²) in [5, 5.41) is 6.94. The van der Waals surface area contributed by atoms with E-state index in [1.54, 1.807) is 11.3 Å². The standard InChI is InChI=1S/C14H27N3S/c1-5-12(4)15-10-13-11-18-14(16-13)8-9-17(6-2)7-3/h11-12,15H,5-10H2,1-4H3. The zero-order valence-corrected chi connectivity index (χ0v) is 13.0. The maximum Gasteiger partial charge on any atom is 0.0941 e. The van der Waals surface area contributed by atoms with Crippen LogP contribution in [0.5, 0.6) is 0 Å². The summed E-state index contributed by atoms with van der Waals surface area (Å²) in [5.74, 6) is 0. The van der Waals surface area contributed by atoms with E-state index >= 15 is 0 Å². The lowest BCUT2D eigenvalue weighted by Crippen LogP contribution is -2.25. The van der Waals surface area contributed by atoms with Crippen molar-refractivity contribution in [1.82, 2.24) is 15.2 Å². The summed E-state index contributed by atoms with van der Waals surface area (Å²) in [4.78, 5) is 7.13. The van der Waals surface area contributed by atoms with Gasteiger partial charge in [0.25, 0.3) is 0 Å². The molecule has 1 aromatic heterocycles. The van der Waals surface area contributed by atoms with Crippen LogP contribution in [0.2, 0.25) is 0 Å². The van der Waals surface area contributed by atoms with Gasteiger partial charge in [0.1, 0.15) is 0 Å². The molecule has 0 radical (unpaired) electrons. The Kier molecular flexibility index (Phi) is 7.47. The third kappa shape index (κ3) is 5.46. The van der Waals surface area contributed by atoms with Gasteiger partial charge in [0.05, 0.1) is 10.7 Å². The first kappa shape index (κ1) is 15.6. The van der Waals surface area contributed by atoms with E-state index in [1.165, 1.54) is 17.1 Å². The summed E-state index contributed by atoms with van der Waals surface area (Å²) in [6.45, 7) is 13.1. The lowest BCUT2D eigenvalue weighted by Gasteiger charge is -2.16. The van der Waals surface area contributed by atoms with Crippen molar-refractivity contribution in [3.8, 4) is 0 Å². The third-order valence-electron chi connectivity index (χ3n) is 3.38. The van der Waals surface area contributed by atoms with Crippen LogP contribution in [-0.4, -0.2) is 35.6 Å². The molecule has 0 fully saturated rings. The van der Waals surface area contributed by atoms with Gasteiger partial charge in [-0.1, -0.05) is 20.8 Å². The predicted octanol–water partition coefficient (Wildman–Crippen LogP) is 2.92. The van der Waals surface area contributed by atoms with Crippen molar-refractivity contribution in [2.24, 2.45) is 0 Å². The number of rotatable bonds is 9. The fraction of sp³-hybridized carbons (Fsp3) is 0.786. The van der Waals surface area contributed by atoms with Crippen molar-refractivity contribution in [3.05, 3.63) is 16.1 Å². The average Bonchev–Trinajstić information content (AvgIpc) is 2.85. The van der Waals surface area contributed by atoms with Gasteiger partial charge < -0.3 is 10.2 Å². The normalized spacial score (nSPS) is 13.2. The molecule has 3 nitrogen and oxygen atoms in total. The smallest absolute Gasteiger partial charge is 0.0941 e. The second kappa shape index (κ2) is 8.62. The molecule has 0 saturated carbocycles. The molecule has 0 aliphatic carbocycles. The van der Waals surface area contributed by atoms with Crippen molar-refractivity contribution in [1.29, 1.82) is 0 Å². The molecule has 0 spiro atoms. The molecule has 1 rings (SSSR count). The SMILES string of the molecule is CCC(C)NCc1csc(CCN(CC)CC)n1. The highest BCUT2D eigenvalue weighted by molar-refractivity contribution is 7.09. The molecular weight excluding hydrogens is 242 g/mol. The second-order valence-corrected chi connectivity index (χ2v) is 5.64. The molecule has 18 heavy (non-hydrogen) atoms. The minimum atomic E-state index is 0.575. The second-order valence-electron chi connectivity index (χ2n) is 4.70. The van der Waals surface area contributed by atoms with E-state index in [0.29, 0.717) is 6.04 Å². The molecule has 104 valence electrons. The van der Waals surface area contributed by atoms with Gasteiger partial charge in [-0.25, -0.2) is 4.98 Å². The molecule has 0 aromatic carbocycles. The van der Waals surface area contributed by atoms with E-state index in [1.807, 2.05) is 0 Å². The van der Waals surface area contributed by atoms with E-state index < -0.39 is 0 Å². The van der Waals surface area contributed by atoms with Crippen LogP contribution in [0.1, 0.15) is 44.8 Å². The highest BCUT2D eigenvalue weighted by atomic mass is 32.1. The van der Waals surface area contributed by atoms with Gasteiger partial charge in [-0.15, -0.1) is 11.3 Å². The first-order valence-electron chi connectivity index (χ1n) is 7.08. The maximum absolute atomic E-state index is 4.69. The molecule has 0 amide bonds. The Balaban J connectivity index is 2.34. The number of aromatic nitrogens is 1. The van der Waals surface area contributed by atoms with Gasteiger partial charge >= 0.3 is 0 Å². The lowest BCUT2D eigenvalue weighted by molar-refractivity contribution is 0.308. The number of hydrogen-bond donors (Lipinski definition) is 1. The monoisotopic (exact) mass is 269 g/mol. The largest absolute Gasteiger partial charge is 0.309 e. The van der Waals surface area contributed by atoms with E-state index in [4.69, 9.17) is 0 Å². The van der Waals surface area contributed by atoms with Crippen molar-refractivity contribution >= 4 is 11.3 Å². The topological polar surface area (TPSA) is 28.2 Å². The van der Waals surface area contributed by atoms with Crippen molar-refractivity contribution in [2.75, 3.05) is 19.6 Å². The zero-order chi connectivity index (χ0) is 13.4. The highest BCUT2D eigenvalue weighted by Crippen LogP contribution is 2.11. The van der Waals surface area contributed by atoms with E-state index in [0.717, 1.165) is 32.6 Å². The summed E-state index contributed by atoms with van der Waals surface area (Å²) in [5.41, 5.74) is 1.19. The number of thiazole rings is 1. The van der Waals surface area contributed by atoms with Crippen LogP contribution in [0.4, 0.5) is 0 Å². The summed E-state index contributed by atoms with van der Waals surface area (Å²) in [7, 11) is 0. The molecule has 0 saturated heterocycles. The minimum Gasteiger partial charge on any atom is -0.309 e. The Bertz CT molecular complexity index is 321. The molecule has 0 aliphatic heterocycles.